The van der Waals surface area contributed by atoms with E-state index < -0.39 is 0 Å². The molecule has 0 saturated heterocycles. The Morgan fingerprint density at radius 1 is 1.17 bits per heavy atom. The van der Waals surface area contributed by atoms with E-state index in [4.69, 9.17) is 0 Å². The molecule has 0 aromatic carbocycles. The Balaban J connectivity index is 2.27. The van der Waals surface area contributed by atoms with E-state index in [2.05, 4.69) is 53.1 Å². The van der Waals surface area contributed by atoms with E-state index in [1.54, 1.807) is 0 Å². The van der Waals surface area contributed by atoms with Crippen LogP contribution in [0.3, 0.4) is 0 Å². The first-order chi connectivity index (χ1) is 8.65. The van der Waals surface area contributed by atoms with Gasteiger partial charge < -0.3 is 4.57 Å². The number of hydrogen-bond acceptors (Lipinski definition) is 2. The normalized spacial score (nSPS) is 11.4. The summed E-state index contributed by atoms with van der Waals surface area (Å²) in [4.78, 5) is 4.24. The molecule has 2 rings (SSSR count). The fourth-order valence-electron chi connectivity index (χ4n) is 2.18. The molecule has 18 heavy (non-hydrogen) atoms. The molecule has 2 heterocycles. The first-order valence-corrected chi connectivity index (χ1v) is 6.72. The molecule has 2 aromatic rings. The maximum Gasteiger partial charge on any atom is 0.0951 e. The molecular formula is C14H22N4. The molecule has 0 saturated carbocycles. The van der Waals surface area contributed by atoms with E-state index >= 15 is 0 Å². The van der Waals surface area contributed by atoms with E-state index in [9.17, 15) is 0 Å². The van der Waals surface area contributed by atoms with Crippen LogP contribution in [0, 0.1) is 0 Å². The Hall–Kier alpha value is -1.58. The van der Waals surface area contributed by atoms with Gasteiger partial charge in [0.2, 0.25) is 0 Å². The van der Waals surface area contributed by atoms with Gasteiger partial charge in [0.1, 0.15) is 0 Å². The molecule has 0 radical (unpaired) electrons. The largest absolute Gasteiger partial charge is 0.330 e. The zero-order valence-corrected chi connectivity index (χ0v) is 11.7. The summed E-state index contributed by atoms with van der Waals surface area (Å²) in [6.07, 6.45) is 5.84. The summed E-state index contributed by atoms with van der Waals surface area (Å²) in [6.45, 7) is 9.47. The molecule has 98 valence electrons. The lowest BCUT2D eigenvalue weighted by Crippen LogP contribution is -2.11. The zero-order chi connectivity index (χ0) is 13.1. The average Bonchev–Trinajstić information content (AvgIpc) is 2.95. The maximum atomic E-state index is 4.65. The highest BCUT2D eigenvalue weighted by Gasteiger charge is 2.10. The summed E-state index contributed by atoms with van der Waals surface area (Å²) in [5, 5.41) is 4.65. The van der Waals surface area contributed by atoms with Gasteiger partial charge in [-0.1, -0.05) is 13.8 Å². The second kappa shape index (κ2) is 5.38. The number of imidazole rings is 1. The van der Waals surface area contributed by atoms with Crippen molar-refractivity contribution in [1.29, 1.82) is 0 Å². The third-order valence-corrected chi connectivity index (χ3v) is 3.25. The van der Waals surface area contributed by atoms with Crippen molar-refractivity contribution in [3.63, 3.8) is 0 Å². The smallest absolute Gasteiger partial charge is 0.0951 e. The van der Waals surface area contributed by atoms with Gasteiger partial charge in [-0.25, -0.2) is 4.98 Å². The molecule has 0 aliphatic heterocycles. The van der Waals surface area contributed by atoms with Gasteiger partial charge >= 0.3 is 0 Å². The third-order valence-electron chi connectivity index (χ3n) is 3.25. The number of aryl methyl sites for hydroxylation is 2. The number of hydrogen-bond donors (Lipinski definition) is 0. The quantitative estimate of drug-likeness (QED) is 0.813. The highest BCUT2D eigenvalue weighted by atomic mass is 15.3. The van der Waals surface area contributed by atoms with E-state index in [1.165, 1.54) is 17.1 Å². The lowest BCUT2D eigenvalue weighted by atomic mass is 10.2. The molecule has 0 unspecified atom stereocenters. The van der Waals surface area contributed by atoms with Crippen LogP contribution in [0.2, 0.25) is 0 Å². The summed E-state index contributed by atoms with van der Waals surface area (Å²) in [6, 6.07) is 2.64. The second-order valence-electron chi connectivity index (χ2n) is 4.88. The fraction of sp³-hybridized carbons (Fsp3) is 0.571. The van der Waals surface area contributed by atoms with Crippen LogP contribution in [0.25, 0.3) is 0 Å². The molecule has 0 amide bonds. The van der Waals surface area contributed by atoms with Crippen LogP contribution in [-0.4, -0.2) is 19.3 Å². The van der Waals surface area contributed by atoms with Gasteiger partial charge in [-0.05, 0) is 32.8 Å². The summed E-state index contributed by atoms with van der Waals surface area (Å²) in [5.74, 6) is 0. The minimum Gasteiger partial charge on any atom is -0.330 e. The van der Waals surface area contributed by atoms with Crippen LogP contribution in [-0.2, 0) is 19.4 Å². The topological polar surface area (TPSA) is 35.6 Å². The molecule has 0 atom stereocenters. The number of rotatable bonds is 5. The average molecular weight is 246 g/mol. The number of nitrogens with zero attached hydrogens (tertiary/aromatic N) is 4. The van der Waals surface area contributed by atoms with Crippen molar-refractivity contribution in [2.45, 2.75) is 53.1 Å². The Morgan fingerprint density at radius 3 is 2.56 bits per heavy atom. The van der Waals surface area contributed by atoms with Crippen molar-refractivity contribution >= 4 is 0 Å². The van der Waals surface area contributed by atoms with Gasteiger partial charge in [-0.15, -0.1) is 0 Å². The van der Waals surface area contributed by atoms with Crippen molar-refractivity contribution in [2.24, 2.45) is 0 Å². The lowest BCUT2D eigenvalue weighted by Gasteiger charge is -2.12. The summed E-state index contributed by atoms with van der Waals surface area (Å²) < 4.78 is 4.31. The van der Waals surface area contributed by atoms with E-state index in [1.807, 2.05) is 12.5 Å². The standard InChI is InChI=1S/C14H22N4/c1-5-12-7-13(6-2)18(16-12)9-14-8-15-10-17(14)11(3)4/h7-8,10-11H,5-6,9H2,1-4H3. The lowest BCUT2D eigenvalue weighted by molar-refractivity contribution is 0.539. The van der Waals surface area contributed by atoms with Gasteiger partial charge in [-0.3, -0.25) is 4.68 Å². The third kappa shape index (κ3) is 2.47. The van der Waals surface area contributed by atoms with Crippen LogP contribution in [0.1, 0.15) is 50.8 Å². The first kappa shape index (κ1) is 12.9. The Kier molecular flexibility index (Phi) is 3.84. The van der Waals surface area contributed by atoms with Gasteiger partial charge in [0.15, 0.2) is 0 Å². The molecule has 0 spiro atoms. The summed E-state index contributed by atoms with van der Waals surface area (Å²) >= 11 is 0. The monoisotopic (exact) mass is 246 g/mol. The maximum absolute atomic E-state index is 4.65. The van der Waals surface area contributed by atoms with Crippen LogP contribution in [0.15, 0.2) is 18.6 Å². The molecule has 0 aliphatic carbocycles. The molecule has 0 fully saturated rings. The van der Waals surface area contributed by atoms with Crippen molar-refractivity contribution in [2.75, 3.05) is 0 Å². The predicted molar refractivity (Wildman–Crippen MR) is 72.7 cm³/mol. The Bertz CT molecular complexity index is 508. The van der Waals surface area contributed by atoms with Gasteiger partial charge in [0.05, 0.1) is 30.5 Å². The van der Waals surface area contributed by atoms with Crippen LogP contribution < -0.4 is 0 Å². The van der Waals surface area contributed by atoms with E-state index in [-0.39, 0.29) is 0 Å². The Morgan fingerprint density at radius 2 is 1.94 bits per heavy atom. The minimum absolute atomic E-state index is 0.439. The van der Waals surface area contributed by atoms with Gasteiger partial charge in [0.25, 0.3) is 0 Å². The SMILES string of the molecule is CCc1cc(CC)n(Cc2cncn2C(C)C)n1. The van der Waals surface area contributed by atoms with E-state index in [0.29, 0.717) is 6.04 Å². The second-order valence-corrected chi connectivity index (χ2v) is 4.88. The van der Waals surface area contributed by atoms with E-state index in [0.717, 1.165) is 19.4 Å². The van der Waals surface area contributed by atoms with Crippen LogP contribution >= 0.6 is 0 Å². The summed E-state index contributed by atoms with van der Waals surface area (Å²) in [7, 11) is 0. The predicted octanol–water partition coefficient (Wildman–Crippen LogP) is 2.83. The van der Waals surface area contributed by atoms with Crippen molar-refractivity contribution in [3.05, 3.63) is 35.7 Å². The van der Waals surface area contributed by atoms with Crippen LogP contribution in [0.5, 0.6) is 0 Å². The molecule has 0 N–H and O–H groups in total. The van der Waals surface area contributed by atoms with Crippen molar-refractivity contribution < 1.29 is 0 Å². The van der Waals surface area contributed by atoms with Crippen molar-refractivity contribution in [3.8, 4) is 0 Å². The zero-order valence-electron chi connectivity index (χ0n) is 11.7. The highest BCUT2D eigenvalue weighted by Crippen LogP contribution is 2.13. The van der Waals surface area contributed by atoms with Crippen molar-refractivity contribution in [1.82, 2.24) is 19.3 Å². The van der Waals surface area contributed by atoms with Crippen LogP contribution in [0.4, 0.5) is 0 Å². The fourth-order valence-corrected chi connectivity index (χ4v) is 2.18. The van der Waals surface area contributed by atoms with Gasteiger partial charge in [0, 0.05) is 11.7 Å². The molecule has 4 nitrogen and oxygen atoms in total. The molecule has 4 heteroatoms. The number of aromatic nitrogens is 4. The minimum atomic E-state index is 0.439. The molecule has 0 bridgehead atoms. The summed E-state index contributed by atoms with van der Waals surface area (Å²) in [5.41, 5.74) is 3.68. The molecule has 2 aromatic heterocycles. The highest BCUT2D eigenvalue weighted by molar-refractivity contribution is 5.12. The van der Waals surface area contributed by atoms with Gasteiger partial charge in [-0.2, -0.15) is 5.10 Å². The Labute approximate surface area is 109 Å². The molecule has 0 aliphatic rings. The first-order valence-electron chi connectivity index (χ1n) is 6.72. The molecular weight excluding hydrogens is 224 g/mol.